The average Bonchev–Trinajstić information content (AvgIpc) is 3.29. The molecule has 0 spiro atoms. The van der Waals surface area contributed by atoms with Gasteiger partial charge >= 0.3 is 12.1 Å². The molecule has 1 aromatic carbocycles. The molecule has 39 heavy (non-hydrogen) atoms. The number of carbonyl (C=O) groups is 2. The highest BCUT2D eigenvalue weighted by atomic mass is 16.7. The number of rotatable bonds is 6. The lowest BCUT2D eigenvalue weighted by Gasteiger charge is -2.31. The number of benzene rings is 1. The van der Waals surface area contributed by atoms with Crippen LogP contribution in [0.3, 0.4) is 0 Å². The second-order valence-electron chi connectivity index (χ2n) is 9.61. The van der Waals surface area contributed by atoms with Crippen molar-refractivity contribution in [1.82, 2.24) is 9.55 Å². The average molecular weight is 539 g/mol. The van der Waals surface area contributed by atoms with Gasteiger partial charge in [0.1, 0.15) is 13.2 Å². The number of ether oxygens (including phenoxy) is 5. The number of aliphatic hydroxyl groups excluding tert-OH is 2. The molecule has 4 atom stereocenters. The SMILES string of the molecule is O=C(OCCO[C@H]1C[C@@H](O)C[C@@H](CO)O1)O[C@@H]1C(=O)OCc2c1cc1n(c2=O)Cc2cc3ccccc3nc2-1. The van der Waals surface area contributed by atoms with Gasteiger partial charge in [-0.25, -0.2) is 14.6 Å². The fourth-order valence-electron chi connectivity index (χ4n) is 5.18. The Kier molecular flexibility index (Phi) is 6.77. The summed E-state index contributed by atoms with van der Waals surface area (Å²) in [5.41, 5.74) is 2.92. The first kappa shape index (κ1) is 25.4. The van der Waals surface area contributed by atoms with E-state index in [1.54, 1.807) is 10.6 Å². The van der Waals surface area contributed by atoms with Crippen LogP contribution in [0.15, 0.2) is 41.2 Å². The highest BCUT2D eigenvalue weighted by molar-refractivity contribution is 5.85. The standard InChI is InChI=1S/C27H26N2O10/c30-12-17-8-16(31)9-22(38-17)35-5-6-36-27(34)39-24-18-10-21-23-15(7-14-3-1-2-4-20(14)28-23)11-29(21)25(32)19(18)13-37-26(24)33/h1-4,7,10,16-17,22,24,30-31H,5-6,8-9,11-13H2/t16-,17-,22+,24-/m0/s1. The molecule has 0 bridgehead atoms. The molecular weight excluding hydrogens is 512 g/mol. The third kappa shape index (κ3) is 4.87. The molecule has 6 rings (SSSR count). The number of pyridine rings is 2. The minimum Gasteiger partial charge on any atom is -0.458 e. The van der Waals surface area contributed by atoms with E-state index in [1.807, 2.05) is 30.3 Å². The van der Waals surface area contributed by atoms with Crippen molar-refractivity contribution in [2.75, 3.05) is 19.8 Å². The van der Waals surface area contributed by atoms with E-state index in [4.69, 9.17) is 28.7 Å². The Labute approximate surface area is 221 Å². The van der Waals surface area contributed by atoms with Crippen molar-refractivity contribution in [3.05, 3.63) is 63.4 Å². The maximum atomic E-state index is 13.3. The van der Waals surface area contributed by atoms with Gasteiger partial charge in [0.15, 0.2) is 6.29 Å². The highest BCUT2D eigenvalue weighted by Crippen LogP contribution is 2.36. The molecule has 3 aliphatic rings. The molecule has 12 nitrogen and oxygen atoms in total. The molecule has 2 N–H and O–H groups in total. The molecule has 1 saturated heterocycles. The molecule has 0 unspecified atom stereocenters. The van der Waals surface area contributed by atoms with Gasteiger partial charge in [-0.05, 0) is 18.2 Å². The molecule has 1 fully saturated rings. The first-order chi connectivity index (χ1) is 18.9. The summed E-state index contributed by atoms with van der Waals surface area (Å²) in [7, 11) is 0. The summed E-state index contributed by atoms with van der Waals surface area (Å²) in [4.78, 5) is 43.1. The van der Waals surface area contributed by atoms with Gasteiger partial charge in [0.05, 0.1) is 54.4 Å². The number of aromatic nitrogens is 2. The molecule has 0 radical (unpaired) electrons. The number of carbonyl (C=O) groups excluding carboxylic acids is 2. The number of fused-ring (bicyclic) bond motifs is 5. The van der Waals surface area contributed by atoms with E-state index in [1.165, 1.54) is 0 Å². The molecule has 0 amide bonds. The van der Waals surface area contributed by atoms with E-state index < -0.39 is 36.7 Å². The van der Waals surface area contributed by atoms with E-state index in [2.05, 4.69) is 0 Å². The number of aliphatic hydroxyl groups is 2. The highest BCUT2D eigenvalue weighted by Gasteiger charge is 2.38. The predicted octanol–water partition coefficient (Wildman–Crippen LogP) is 1.55. The van der Waals surface area contributed by atoms with Crippen LogP contribution < -0.4 is 5.56 Å². The molecule has 12 heteroatoms. The van der Waals surface area contributed by atoms with E-state index in [-0.39, 0.29) is 49.5 Å². The van der Waals surface area contributed by atoms with E-state index in [0.29, 0.717) is 24.4 Å². The lowest BCUT2D eigenvalue weighted by Crippen LogP contribution is -2.39. The van der Waals surface area contributed by atoms with Crippen molar-refractivity contribution in [1.29, 1.82) is 0 Å². The van der Waals surface area contributed by atoms with Crippen LogP contribution in [0.2, 0.25) is 0 Å². The Hall–Kier alpha value is -3.84. The van der Waals surface area contributed by atoms with Crippen molar-refractivity contribution in [2.24, 2.45) is 0 Å². The Morgan fingerprint density at radius 2 is 2.00 bits per heavy atom. The Balaban J connectivity index is 1.16. The summed E-state index contributed by atoms with van der Waals surface area (Å²) < 4.78 is 28.0. The summed E-state index contributed by atoms with van der Waals surface area (Å²) in [6.07, 6.45) is -4.05. The Morgan fingerprint density at radius 3 is 2.85 bits per heavy atom. The lowest BCUT2D eigenvalue weighted by molar-refractivity contribution is -0.224. The molecular formula is C27H26N2O10. The zero-order valence-electron chi connectivity index (χ0n) is 20.8. The van der Waals surface area contributed by atoms with Crippen LogP contribution in [0, 0.1) is 0 Å². The number of nitrogens with zero attached hydrogens (tertiary/aromatic N) is 2. The van der Waals surface area contributed by atoms with Crippen molar-refractivity contribution in [3.63, 3.8) is 0 Å². The molecule has 3 aromatic rings. The zero-order valence-corrected chi connectivity index (χ0v) is 20.8. The number of para-hydroxylation sites is 1. The van der Waals surface area contributed by atoms with E-state index in [0.717, 1.165) is 16.5 Å². The van der Waals surface area contributed by atoms with Crippen LogP contribution in [0.4, 0.5) is 4.79 Å². The van der Waals surface area contributed by atoms with Crippen LogP contribution >= 0.6 is 0 Å². The zero-order chi connectivity index (χ0) is 27.1. The van der Waals surface area contributed by atoms with Crippen LogP contribution in [0.5, 0.6) is 0 Å². The monoisotopic (exact) mass is 538 g/mol. The van der Waals surface area contributed by atoms with Gasteiger partial charge in [-0.15, -0.1) is 0 Å². The first-order valence-corrected chi connectivity index (χ1v) is 12.6. The second-order valence-corrected chi connectivity index (χ2v) is 9.61. The summed E-state index contributed by atoms with van der Waals surface area (Å²) in [5.74, 6) is -0.815. The Morgan fingerprint density at radius 1 is 1.15 bits per heavy atom. The van der Waals surface area contributed by atoms with Crippen molar-refractivity contribution in [2.45, 2.75) is 50.6 Å². The number of esters is 1. The second kappa shape index (κ2) is 10.4. The van der Waals surface area contributed by atoms with Crippen LogP contribution in [-0.2, 0) is 41.6 Å². The third-order valence-electron chi connectivity index (χ3n) is 7.03. The maximum Gasteiger partial charge on any atom is 0.509 e. The molecule has 5 heterocycles. The van der Waals surface area contributed by atoms with Gasteiger partial charge in [-0.2, -0.15) is 0 Å². The number of hydrogen-bond donors (Lipinski definition) is 2. The van der Waals surface area contributed by atoms with Crippen molar-refractivity contribution >= 4 is 23.0 Å². The fraction of sp³-hybridized carbons (Fsp3) is 0.407. The van der Waals surface area contributed by atoms with Gasteiger partial charge < -0.3 is 38.5 Å². The van der Waals surface area contributed by atoms with Gasteiger partial charge in [-0.1, -0.05) is 18.2 Å². The fourth-order valence-corrected chi connectivity index (χ4v) is 5.18. The van der Waals surface area contributed by atoms with Gasteiger partial charge in [0.2, 0.25) is 6.10 Å². The first-order valence-electron chi connectivity index (χ1n) is 12.6. The molecule has 0 saturated carbocycles. The van der Waals surface area contributed by atoms with Crippen LogP contribution in [-0.4, -0.2) is 70.2 Å². The van der Waals surface area contributed by atoms with Crippen LogP contribution in [0.25, 0.3) is 22.3 Å². The summed E-state index contributed by atoms with van der Waals surface area (Å²) in [6, 6.07) is 11.3. The van der Waals surface area contributed by atoms with Gasteiger partial charge in [-0.3, -0.25) is 4.79 Å². The minimum absolute atomic E-state index is 0.0679. The molecule has 2 aromatic heterocycles. The third-order valence-corrected chi connectivity index (χ3v) is 7.03. The van der Waals surface area contributed by atoms with Crippen molar-refractivity contribution in [3.8, 4) is 11.4 Å². The maximum absolute atomic E-state index is 13.3. The molecule has 204 valence electrons. The van der Waals surface area contributed by atoms with E-state index >= 15 is 0 Å². The number of cyclic esters (lactones) is 1. The van der Waals surface area contributed by atoms with Crippen LogP contribution in [0.1, 0.15) is 35.6 Å². The van der Waals surface area contributed by atoms with Crippen molar-refractivity contribution < 1.29 is 43.5 Å². The topological polar surface area (TPSA) is 156 Å². The summed E-state index contributed by atoms with van der Waals surface area (Å²) in [6.45, 7) is -0.434. The van der Waals surface area contributed by atoms with Gasteiger partial charge in [0.25, 0.3) is 5.56 Å². The largest absolute Gasteiger partial charge is 0.509 e. The minimum atomic E-state index is -1.48. The Bertz CT molecular complexity index is 1500. The van der Waals surface area contributed by atoms with E-state index in [9.17, 15) is 24.6 Å². The summed E-state index contributed by atoms with van der Waals surface area (Å²) >= 11 is 0. The quantitative estimate of drug-likeness (QED) is 0.271. The number of hydrogen-bond acceptors (Lipinski definition) is 11. The smallest absolute Gasteiger partial charge is 0.458 e. The molecule has 3 aliphatic heterocycles. The molecule has 0 aliphatic carbocycles. The summed E-state index contributed by atoms with van der Waals surface area (Å²) in [5, 5.41) is 20.0. The predicted molar refractivity (Wildman–Crippen MR) is 132 cm³/mol. The van der Waals surface area contributed by atoms with Gasteiger partial charge in [0, 0.05) is 29.4 Å². The lowest BCUT2D eigenvalue weighted by atomic mass is 10.00. The normalized spacial score (nSPS) is 23.5.